The lowest BCUT2D eigenvalue weighted by Crippen LogP contribution is -2.40. The molecule has 0 aliphatic heterocycles. The molecule has 0 aliphatic carbocycles. The summed E-state index contributed by atoms with van der Waals surface area (Å²) in [6.07, 6.45) is -0.500. The van der Waals surface area contributed by atoms with E-state index < -0.39 is 12.7 Å². The van der Waals surface area contributed by atoms with E-state index in [2.05, 4.69) is 10.4 Å². The van der Waals surface area contributed by atoms with Gasteiger partial charge in [-0.15, -0.1) is 0 Å². The minimum atomic E-state index is -4.15. The molecule has 18 heavy (non-hydrogen) atoms. The van der Waals surface area contributed by atoms with E-state index in [1.807, 2.05) is 32.1 Å². The Balaban J connectivity index is 2.30. The van der Waals surface area contributed by atoms with Gasteiger partial charge in [0, 0.05) is 37.9 Å². The van der Waals surface area contributed by atoms with Gasteiger partial charge in [0.2, 0.25) is 0 Å². The quantitative estimate of drug-likeness (QED) is 0.843. The zero-order chi connectivity index (χ0) is 13.8. The second-order valence-electron chi connectivity index (χ2n) is 4.53. The number of nitrogens with zero attached hydrogens (tertiary/aromatic N) is 3. The zero-order valence-corrected chi connectivity index (χ0v) is 10.8. The first-order chi connectivity index (χ1) is 8.28. The molecule has 1 aromatic rings. The van der Waals surface area contributed by atoms with Crippen LogP contribution in [0.1, 0.15) is 12.5 Å². The lowest BCUT2D eigenvalue weighted by Gasteiger charge is -2.24. The normalized spacial score (nSPS) is 14.2. The maximum absolute atomic E-state index is 12.0. The number of alkyl halides is 3. The summed E-state index contributed by atoms with van der Waals surface area (Å²) in [5.41, 5.74) is 1.04. The van der Waals surface area contributed by atoms with Gasteiger partial charge in [0.05, 0.1) is 12.7 Å². The Kier molecular flexibility index (Phi) is 5.15. The summed E-state index contributed by atoms with van der Waals surface area (Å²) >= 11 is 0. The summed E-state index contributed by atoms with van der Waals surface area (Å²) in [5, 5.41) is 6.46. The number of aromatic nitrogens is 2. The first-order valence-electron chi connectivity index (χ1n) is 5.73. The first-order valence-corrected chi connectivity index (χ1v) is 5.73. The number of rotatable bonds is 6. The van der Waals surface area contributed by atoms with Crippen molar-refractivity contribution in [3.05, 3.63) is 18.0 Å². The van der Waals surface area contributed by atoms with Crippen LogP contribution < -0.4 is 5.32 Å². The van der Waals surface area contributed by atoms with E-state index in [-0.39, 0.29) is 6.04 Å². The third kappa shape index (κ3) is 5.50. The summed E-state index contributed by atoms with van der Waals surface area (Å²) in [4.78, 5) is 1.99. The van der Waals surface area contributed by atoms with Gasteiger partial charge in [-0.2, -0.15) is 18.3 Å². The molecular weight excluding hydrogens is 245 g/mol. The number of hydrogen-bond donors (Lipinski definition) is 1. The van der Waals surface area contributed by atoms with E-state index in [9.17, 15) is 13.2 Å². The molecule has 0 saturated carbocycles. The Labute approximate surface area is 105 Å². The molecule has 0 radical (unpaired) electrons. The molecule has 0 spiro atoms. The molecule has 104 valence electrons. The van der Waals surface area contributed by atoms with Gasteiger partial charge in [-0.25, -0.2) is 0 Å². The molecule has 0 fully saturated rings. The van der Waals surface area contributed by atoms with Gasteiger partial charge in [0.15, 0.2) is 0 Å². The number of halogens is 3. The molecule has 1 atom stereocenters. The predicted octanol–water partition coefficient (Wildman–Crippen LogP) is 1.39. The molecule has 0 bridgehead atoms. The van der Waals surface area contributed by atoms with Crippen LogP contribution in [0.25, 0.3) is 0 Å². The lowest BCUT2D eigenvalue weighted by molar-refractivity contribution is -0.125. The average molecular weight is 264 g/mol. The summed E-state index contributed by atoms with van der Waals surface area (Å²) in [5.74, 6) is 0. The van der Waals surface area contributed by atoms with E-state index in [0.29, 0.717) is 13.1 Å². The van der Waals surface area contributed by atoms with Gasteiger partial charge in [0.1, 0.15) is 0 Å². The highest BCUT2D eigenvalue weighted by molar-refractivity contribution is 5.03. The third-order valence-electron chi connectivity index (χ3n) is 2.71. The molecular formula is C11H19F3N4. The highest BCUT2D eigenvalue weighted by atomic mass is 19.4. The van der Waals surface area contributed by atoms with Gasteiger partial charge < -0.3 is 5.32 Å². The summed E-state index contributed by atoms with van der Waals surface area (Å²) in [6, 6.07) is 0.0209. The number of likely N-dealkylation sites (N-methyl/N-ethyl adjacent to an activating group) is 1. The molecule has 0 saturated heterocycles. The van der Waals surface area contributed by atoms with Crippen LogP contribution in [-0.2, 0) is 13.6 Å². The van der Waals surface area contributed by atoms with Gasteiger partial charge in [0.25, 0.3) is 0 Å². The molecule has 4 nitrogen and oxygen atoms in total. The van der Waals surface area contributed by atoms with Crippen molar-refractivity contribution >= 4 is 0 Å². The number of aryl methyl sites for hydroxylation is 1. The average Bonchev–Trinajstić information content (AvgIpc) is 2.61. The van der Waals surface area contributed by atoms with Crippen LogP contribution in [0.4, 0.5) is 13.2 Å². The smallest absolute Gasteiger partial charge is 0.307 e. The molecule has 1 rings (SSSR count). The minimum Gasteiger partial charge on any atom is -0.307 e. The Morgan fingerprint density at radius 2 is 2.17 bits per heavy atom. The van der Waals surface area contributed by atoms with Crippen molar-refractivity contribution in [2.24, 2.45) is 7.05 Å². The largest absolute Gasteiger partial charge is 0.401 e. The molecule has 1 unspecified atom stereocenters. The fraction of sp³-hybridized carbons (Fsp3) is 0.727. The van der Waals surface area contributed by atoms with Crippen molar-refractivity contribution in [2.75, 3.05) is 20.1 Å². The first kappa shape index (κ1) is 15.0. The molecule has 7 heteroatoms. The Hall–Kier alpha value is -1.08. The van der Waals surface area contributed by atoms with Gasteiger partial charge >= 0.3 is 6.18 Å². The van der Waals surface area contributed by atoms with Crippen molar-refractivity contribution in [1.29, 1.82) is 0 Å². The maximum Gasteiger partial charge on any atom is 0.401 e. The number of nitrogens with one attached hydrogen (secondary N) is 1. The monoisotopic (exact) mass is 264 g/mol. The van der Waals surface area contributed by atoms with Crippen LogP contribution >= 0.6 is 0 Å². The van der Waals surface area contributed by atoms with Gasteiger partial charge in [-0.3, -0.25) is 9.58 Å². The topological polar surface area (TPSA) is 33.1 Å². The van der Waals surface area contributed by atoms with E-state index in [1.54, 1.807) is 10.9 Å². The molecule has 1 N–H and O–H groups in total. The Morgan fingerprint density at radius 3 is 2.67 bits per heavy atom. The second-order valence-corrected chi connectivity index (χ2v) is 4.53. The van der Waals surface area contributed by atoms with Crippen molar-refractivity contribution in [1.82, 2.24) is 20.0 Å². The Morgan fingerprint density at radius 1 is 1.50 bits per heavy atom. The molecule has 1 aromatic heterocycles. The van der Waals surface area contributed by atoms with E-state index in [0.717, 1.165) is 5.56 Å². The fourth-order valence-electron chi connectivity index (χ4n) is 1.58. The van der Waals surface area contributed by atoms with E-state index in [1.165, 1.54) is 0 Å². The van der Waals surface area contributed by atoms with Crippen LogP contribution in [0.15, 0.2) is 12.4 Å². The third-order valence-corrected chi connectivity index (χ3v) is 2.71. The molecule has 0 amide bonds. The van der Waals surface area contributed by atoms with Crippen molar-refractivity contribution in [2.45, 2.75) is 25.7 Å². The van der Waals surface area contributed by atoms with E-state index in [4.69, 9.17) is 0 Å². The van der Waals surface area contributed by atoms with Crippen LogP contribution in [0.3, 0.4) is 0 Å². The summed E-state index contributed by atoms with van der Waals surface area (Å²) < 4.78 is 37.6. The minimum absolute atomic E-state index is 0.0209. The van der Waals surface area contributed by atoms with Crippen LogP contribution in [0.2, 0.25) is 0 Å². The maximum atomic E-state index is 12.0. The SMILES string of the molecule is CC(CNCC(F)(F)F)N(C)Cc1cnn(C)c1. The standard InChI is InChI=1S/C11H19F3N4/c1-9(4-15-8-11(12,13)14)17(2)6-10-5-16-18(3)7-10/h5,7,9,15H,4,6,8H2,1-3H3. The molecule has 1 heterocycles. The van der Waals surface area contributed by atoms with Crippen molar-refractivity contribution < 1.29 is 13.2 Å². The van der Waals surface area contributed by atoms with Crippen LogP contribution in [-0.4, -0.2) is 47.0 Å². The highest BCUT2D eigenvalue weighted by Gasteiger charge is 2.26. The fourth-order valence-corrected chi connectivity index (χ4v) is 1.58. The summed E-state index contributed by atoms with van der Waals surface area (Å²) in [7, 11) is 3.71. The molecule has 0 aromatic carbocycles. The second kappa shape index (κ2) is 6.19. The molecule has 0 aliphatic rings. The van der Waals surface area contributed by atoms with Gasteiger partial charge in [-0.1, -0.05) is 0 Å². The van der Waals surface area contributed by atoms with Crippen LogP contribution in [0, 0.1) is 0 Å². The summed E-state index contributed by atoms with van der Waals surface area (Å²) in [6.45, 7) is 1.91. The predicted molar refractivity (Wildman–Crippen MR) is 63.1 cm³/mol. The zero-order valence-electron chi connectivity index (χ0n) is 10.8. The van der Waals surface area contributed by atoms with E-state index >= 15 is 0 Å². The Bertz CT molecular complexity index is 361. The highest BCUT2D eigenvalue weighted by Crippen LogP contribution is 2.12. The van der Waals surface area contributed by atoms with Crippen molar-refractivity contribution in [3.8, 4) is 0 Å². The van der Waals surface area contributed by atoms with Crippen LogP contribution in [0.5, 0.6) is 0 Å². The number of hydrogen-bond acceptors (Lipinski definition) is 3. The van der Waals surface area contributed by atoms with Crippen molar-refractivity contribution in [3.63, 3.8) is 0 Å². The van der Waals surface area contributed by atoms with Gasteiger partial charge in [-0.05, 0) is 14.0 Å². The lowest BCUT2D eigenvalue weighted by atomic mass is 10.2.